The Hall–Kier alpha value is -3.13. The van der Waals surface area contributed by atoms with Crippen LogP contribution in [0.4, 0.5) is 0 Å². The molecule has 0 fully saturated rings. The number of nitrogens with zero attached hydrogens (tertiary/aromatic N) is 2. The Morgan fingerprint density at radius 2 is 2.04 bits per heavy atom. The molecule has 0 aliphatic rings. The van der Waals surface area contributed by atoms with Crippen LogP contribution in [0.5, 0.6) is 5.75 Å². The minimum Gasteiger partial charge on any atom is -0.491 e. The van der Waals surface area contributed by atoms with Gasteiger partial charge in [0.15, 0.2) is 0 Å². The molecule has 2 rings (SSSR count). The van der Waals surface area contributed by atoms with Gasteiger partial charge in [-0.05, 0) is 49.8 Å². The highest BCUT2D eigenvalue weighted by Crippen LogP contribution is 2.16. The Kier molecular flexibility index (Phi) is 6.09. The molecule has 0 bridgehead atoms. The zero-order chi connectivity index (χ0) is 17.4. The molecule has 5 heteroatoms. The predicted octanol–water partition coefficient (Wildman–Crippen LogP) is 3.09. The first-order valence-electron chi connectivity index (χ1n) is 7.65. The number of nitrogens with one attached hydrogen (secondary N) is 1. The molecule has 0 radical (unpaired) electrons. The lowest BCUT2D eigenvalue weighted by molar-refractivity contribution is -0.117. The zero-order valence-corrected chi connectivity index (χ0v) is 13.7. The van der Waals surface area contributed by atoms with Crippen LogP contribution in [0, 0.1) is 11.3 Å². The van der Waals surface area contributed by atoms with Gasteiger partial charge in [0.25, 0.3) is 5.91 Å². The third kappa shape index (κ3) is 5.25. The van der Waals surface area contributed by atoms with Crippen LogP contribution in [-0.2, 0) is 11.3 Å². The maximum atomic E-state index is 12.1. The van der Waals surface area contributed by atoms with Crippen LogP contribution < -0.4 is 10.1 Å². The van der Waals surface area contributed by atoms with Gasteiger partial charge in [0.2, 0.25) is 0 Å². The predicted molar refractivity (Wildman–Crippen MR) is 91.9 cm³/mol. The van der Waals surface area contributed by atoms with Crippen molar-refractivity contribution >= 4 is 12.0 Å². The van der Waals surface area contributed by atoms with Gasteiger partial charge >= 0.3 is 0 Å². The lowest BCUT2D eigenvalue weighted by Gasteiger charge is -2.09. The lowest BCUT2D eigenvalue weighted by Crippen LogP contribution is -2.24. The number of ether oxygens (including phenoxy) is 1. The molecule has 0 spiro atoms. The Labute approximate surface area is 141 Å². The molecule has 1 heterocycles. The average Bonchev–Trinajstić information content (AvgIpc) is 2.59. The minimum absolute atomic E-state index is 0.0449. The normalized spacial score (nSPS) is 11.0. The van der Waals surface area contributed by atoms with Crippen molar-refractivity contribution in [2.24, 2.45) is 0 Å². The van der Waals surface area contributed by atoms with E-state index < -0.39 is 5.91 Å². The monoisotopic (exact) mass is 321 g/mol. The van der Waals surface area contributed by atoms with Crippen LogP contribution in [0.15, 0.2) is 54.2 Å². The van der Waals surface area contributed by atoms with Crippen LogP contribution in [-0.4, -0.2) is 17.0 Å². The van der Waals surface area contributed by atoms with E-state index in [0.29, 0.717) is 0 Å². The van der Waals surface area contributed by atoms with Gasteiger partial charge in [-0.3, -0.25) is 9.78 Å². The summed E-state index contributed by atoms with van der Waals surface area (Å²) in [6, 6.07) is 14.6. The van der Waals surface area contributed by atoms with Crippen molar-refractivity contribution in [1.29, 1.82) is 5.26 Å². The number of amides is 1. The first kappa shape index (κ1) is 17.2. The molecule has 0 aliphatic heterocycles. The summed E-state index contributed by atoms with van der Waals surface area (Å²) >= 11 is 0. The van der Waals surface area contributed by atoms with E-state index >= 15 is 0 Å². The number of aromatic nitrogens is 1. The number of benzene rings is 1. The largest absolute Gasteiger partial charge is 0.491 e. The third-order valence-electron chi connectivity index (χ3n) is 3.08. The van der Waals surface area contributed by atoms with Gasteiger partial charge in [0.1, 0.15) is 17.4 Å². The summed E-state index contributed by atoms with van der Waals surface area (Å²) in [6.07, 6.45) is 3.30. The van der Waals surface area contributed by atoms with Crippen molar-refractivity contribution in [3.63, 3.8) is 0 Å². The maximum Gasteiger partial charge on any atom is 0.262 e. The molecular weight excluding hydrogens is 302 g/mol. The molecule has 1 aromatic carbocycles. The van der Waals surface area contributed by atoms with E-state index in [1.165, 1.54) is 0 Å². The Balaban J connectivity index is 2.02. The average molecular weight is 321 g/mol. The summed E-state index contributed by atoms with van der Waals surface area (Å²) < 4.78 is 5.56. The van der Waals surface area contributed by atoms with E-state index in [9.17, 15) is 10.1 Å². The fourth-order valence-electron chi connectivity index (χ4n) is 2.00. The number of nitriles is 1. The van der Waals surface area contributed by atoms with E-state index in [0.717, 1.165) is 17.0 Å². The molecule has 0 saturated carbocycles. The van der Waals surface area contributed by atoms with Gasteiger partial charge < -0.3 is 10.1 Å². The summed E-state index contributed by atoms with van der Waals surface area (Å²) in [5, 5.41) is 11.9. The Morgan fingerprint density at radius 1 is 1.29 bits per heavy atom. The smallest absolute Gasteiger partial charge is 0.262 e. The molecule has 1 N–H and O–H groups in total. The van der Waals surface area contributed by atoms with Gasteiger partial charge in [-0.1, -0.05) is 18.2 Å². The highest BCUT2D eigenvalue weighted by atomic mass is 16.5. The summed E-state index contributed by atoms with van der Waals surface area (Å²) in [5.41, 5.74) is 1.54. The van der Waals surface area contributed by atoms with Gasteiger partial charge in [-0.25, -0.2) is 0 Å². The van der Waals surface area contributed by atoms with Crippen molar-refractivity contribution in [2.45, 2.75) is 26.5 Å². The van der Waals surface area contributed by atoms with Crippen molar-refractivity contribution in [3.05, 3.63) is 65.5 Å². The molecule has 0 atom stereocenters. The van der Waals surface area contributed by atoms with Gasteiger partial charge in [-0.2, -0.15) is 5.26 Å². The van der Waals surface area contributed by atoms with Gasteiger partial charge in [-0.15, -0.1) is 0 Å². The van der Waals surface area contributed by atoms with E-state index in [-0.39, 0.29) is 18.2 Å². The number of carbonyl (C=O) groups is 1. The Morgan fingerprint density at radius 3 is 2.62 bits per heavy atom. The molecule has 2 aromatic rings. The van der Waals surface area contributed by atoms with Crippen molar-refractivity contribution < 1.29 is 9.53 Å². The number of carbonyl (C=O) groups excluding carboxylic acids is 1. The molecule has 1 aromatic heterocycles. The fourth-order valence-corrected chi connectivity index (χ4v) is 2.00. The molecular formula is C19H19N3O2. The molecule has 0 unspecified atom stereocenters. The van der Waals surface area contributed by atoms with Gasteiger partial charge in [0.05, 0.1) is 18.3 Å². The van der Waals surface area contributed by atoms with Crippen LogP contribution in [0.3, 0.4) is 0 Å². The SMILES string of the molecule is CC(C)Oc1ccc(/C=C(\C#N)C(=O)NCc2ccccn2)cc1. The third-order valence-corrected chi connectivity index (χ3v) is 3.08. The van der Waals surface area contributed by atoms with Crippen LogP contribution in [0.2, 0.25) is 0 Å². The molecule has 0 saturated heterocycles. The second-order valence-electron chi connectivity index (χ2n) is 5.41. The molecule has 0 aliphatic carbocycles. The van der Waals surface area contributed by atoms with Crippen molar-refractivity contribution in [1.82, 2.24) is 10.3 Å². The van der Waals surface area contributed by atoms with Crippen molar-refractivity contribution in [3.8, 4) is 11.8 Å². The zero-order valence-electron chi connectivity index (χ0n) is 13.7. The van der Waals surface area contributed by atoms with E-state index in [2.05, 4.69) is 10.3 Å². The number of hydrogen-bond donors (Lipinski definition) is 1. The van der Waals surface area contributed by atoms with E-state index in [1.54, 1.807) is 30.5 Å². The second kappa shape index (κ2) is 8.49. The summed E-state index contributed by atoms with van der Waals surface area (Å²) in [4.78, 5) is 16.2. The lowest BCUT2D eigenvalue weighted by atomic mass is 10.1. The fraction of sp³-hybridized carbons (Fsp3) is 0.211. The van der Waals surface area contributed by atoms with Gasteiger partial charge in [0, 0.05) is 6.20 Å². The second-order valence-corrected chi connectivity index (χ2v) is 5.41. The van der Waals surface area contributed by atoms with Crippen LogP contribution in [0.1, 0.15) is 25.1 Å². The molecule has 24 heavy (non-hydrogen) atoms. The topological polar surface area (TPSA) is 75.0 Å². The maximum absolute atomic E-state index is 12.1. The minimum atomic E-state index is -0.425. The summed E-state index contributed by atoms with van der Waals surface area (Å²) in [6.45, 7) is 4.18. The van der Waals surface area contributed by atoms with E-state index in [1.807, 2.05) is 44.2 Å². The van der Waals surface area contributed by atoms with E-state index in [4.69, 9.17) is 4.74 Å². The highest BCUT2D eigenvalue weighted by molar-refractivity contribution is 6.01. The summed E-state index contributed by atoms with van der Waals surface area (Å²) in [7, 11) is 0. The number of rotatable bonds is 6. The first-order valence-corrected chi connectivity index (χ1v) is 7.65. The number of pyridine rings is 1. The highest BCUT2D eigenvalue weighted by Gasteiger charge is 2.09. The Bertz CT molecular complexity index is 744. The van der Waals surface area contributed by atoms with Crippen LogP contribution >= 0.6 is 0 Å². The molecule has 5 nitrogen and oxygen atoms in total. The quantitative estimate of drug-likeness (QED) is 0.655. The standard InChI is InChI=1S/C19H19N3O2/c1-14(2)24-18-8-6-15(7-9-18)11-16(12-20)19(23)22-13-17-5-3-4-10-21-17/h3-11,14H,13H2,1-2H3,(H,22,23)/b16-11+. The molecule has 1 amide bonds. The molecule has 122 valence electrons. The van der Waals surface area contributed by atoms with Crippen LogP contribution in [0.25, 0.3) is 6.08 Å². The number of hydrogen-bond acceptors (Lipinski definition) is 4. The van der Waals surface area contributed by atoms with Crippen molar-refractivity contribution in [2.75, 3.05) is 0 Å². The summed E-state index contributed by atoms with van der Waals surface area (Å²) in [5.74, 6) is 0.325. The first-order chi connectivity index (χ1) is 11.6.